The van der Waals surface area contributed by atoms with E-state index in [4.69, 9.17) is 9.72 Å². The lowest BCUT2D eigenvalue weighted by Crippen LogP contribution is -2.45. The molecule has 0 spiro atoms. The Morgan fingerprint density at radius 3 is 2.41 bits per heavy atom. The average Bonchev–Trinajstić information content (AvgIpc) is 3.51. The lowest BCUT2D eigenvalue weighted by Gasteiger charge is -2.31. The van der Waals surface area contributed by atoms with Crippen LogP contribution in [0.1, 0.15) is 50.5 Å². The van der Waals surface area contributed by atoms with Crippen molar-refractivity contribution in [1.82, 2.24) is 29.3 Å². The van der Waals surface area contributed by atoms with Gasteiger partial charge in [-0.05, 0) is 63.9 Å². The van der Waals surface area contributed by atoms with Crippen LogP contribution in [0, 0.1) is 0 Å². The van der Waals surface area contributed by atoms with Crippen LogP contribution in [0.2, 0.25) is 0 Å². The van der Waals surface area contributed by atoms with Gasteiger partial charge in [-0.1, -0.05) is 18.2 Å². The predicted octanol–water partition coefficient (Wildman–Crippen LogP) is 4.77. The minimum absolute atomic E-state index is 0.0493. The molecule has 3 amide bonds. The highest BCUT2D eigenvalue weighted by Crippen LogP contribution is 2.34. The second-order valence-electron chi connectivity index (χ2n) is 12.4. The third-order valence-electron chi connectivity index (χ3n) is 7.81. The van der Waals surface area contributed by atoms with Gasteiger partial charge in [0.25, 0.3) is 5.91 Å². The van der Waals surface area contributed by atoms with Gasteiger partial charge in [-0.15, -0.1) is 0 Å². The molecular formula is C32H36N8O4. The van der Waals surface area contributed by atoms with E-state index in [1.54, 1.807) is 48.4 Å². The summed E-state index contributed by atoms with van der Waals surface area (Å²) in [7, 11) is 3.42. The van der Waals surface area contributed by atoms with Gasteiger partial charge in [0.05, 0.1) is 17.9 Å². The zero-order valence-corrected chi connectivity index (χ0v) is 25.5. The van der Waals surface area contributed by atoms with E-state index in [1.807, 2.05) is 61.7 Å². The van der Waals surface area contributed by atoms with E-state index in [0.717, 1.165) is 23.9 Å². The predicted molar refractivity (Wildman–Crippen MR) is 166 cm³/mol. The monoisotopic (exact) mass is 596 g/mol. The molecule has 0 aliphatic carbocycles. The number of aromatic nitrogens is 4. The number of para-hydroxylation sites is 1. The molecular weight excluding hydrogens is 560 g/mol. The number of fused-ring (bicyclic) bond motifs is 3. The standard InChI is InChI=1S/C32H36N8O4/c1-32(2,3)44-31(43)39-22-11-12-24(39)19-38(27(41)16-22)23-13-14-26(33-18-23)35-30-34-17-20-15-25(29(42)37(4)5)40(28(20)36-30)21-9-7-6-8-10-21/h6-10,13-15,17-18,22,24H,11-12,16,19H2,1-5H3,(H,33,34,35,36). The second kappa shape index (κ2) is 11.3. The number of anilines is 3. The molecule has 12 nitrogen and oxygen atoms in total. The molecule has 0 radical (unpaired) electrons. The fourth-order valence-electron chi connectivity index (χ4n) is 5.84. The summed E-state index contributed by atoms with van der Waals surface area (Å²) < 4.78 is 7.47. The normalized spacial score (nSPS) is 18.3. The molecule has 2 atom stereocenters. The molecule has 5 heterocycles. The summed E-state index contributed by atoms with van der Waals surface area (Å²) in [6.07, 6.45) is 4.78. The minimum Gasteiger partial charge on any atom is -0.444 e. The molecule has 2 unspecified atom stereocenters. The first-order chi connectivity index (χ1) is 21.0. The maximum Gasteiger partial charge on any atom is 0.410 e. The van der Waals surface area contributed by atoms with Crippen LogP contribution in [0.15, 0.2) is 60.9 Å². The van der Waals surface area contributed by atoms with Crippen LogP contribution in [-0.4, -0.2) is 85.6 Å². The maximum absolute atomic E-state index is 13.3. The van der Waals surface area contributed by atoms with Gasteiger partial charge in [0.2, 0.25) is 11.9 Å². The number of pyridine rings is 1. The van der Waals surface area contributed by atoms with Crippen molar-refractivity contribution in [2.45, 2.75) is 57.7 Å². The number of carbonyl (C=O) groups is 3. The van der Waals surface area contributed by atoms with Gasteiger partial charge >= 0.3 is 6.09 Å². The summed E-state index contributed by atoms with van der Waals surface area (Å²) in [6.45, 7) is 5.91. The number of ether oxygens (including phenoxy) is 1. The molecule has 12 heteroatoms. The summed E-state index contributed by atoms with van der Waals surface area (Å²) in [4.78, 5) is 58.0. The van der Waals surface area contributed by atoms with Crippen LogP contribution in [0.4, 0.5) is 22.2 Å². The highest BCUT2D eigenvalue weighted by Gasteiger charge is 2.44. The zero-order valence-electron chi connectivity index (χ0n) is 25.5. The Morgan fingerprint density at radius 1 is 0.977 bits per heavy atom. The van der Waals surface area contributed by atoms with Crippen molar-refractivity contribution in [3.05, 3.63) is 66.6 Å². The number of carbonyl (C=O) groups excluding carboxylic acids is 3. The number of hydrogen-bond acceptors (Lipinski definition) is 8. The molecule has 2 aliphatic heterocycles. The van der Waals surface area contributed by atoms with Gasteiger partial charge in [-0.2, -0.15) is 4.98 Å². The first kappa shape index (κ1) is 29.1. The largest absolute Gasteiger partial charge is 0.444 e. The van der Waals surface area contributed by atoms with E-state index in [9.17, 15) is 14.4 Å². The first-order valence-corrected chi connectivity index (χ1v) is 14.7. The van der Waals surface area contributed by atoms with Crippen LogP contribution >= 0.6 is 0 Å². The summed E-state index contributed by atoms with van der Waals surface area (Å²) in [5, 5.41) is 3.87. The number of rotatable bonds is 5. The number of amides is 3. The Bertz CT molecular complexity index is 1710. The number of benzene rings is 1. The SMILES string of the molecule is CN(C)C(=O)c1cc2cnc(Nc3ccc(N4CC5CCC(CC4=O)N5C(=O)OC(C)(C)C)cn3)nc2n1-c1ccccc1. The molecule has 0 saturated carbocycles. The van der Waals surface area contributed by atoms with E-state index in [2.05, 4.69) is 15.3 Å². The molecule has 2 fully saturated rings. The highest BCUT2D eigenvalue weighted by molar-refractivity contribution is 5.99. The molecule has 1 aromatic carbocycles. The van der Waals surface area contributed by atoms with Gasteiger partial charge in [0, 0.05) is 50.4 Å². The third-order valence-corrected chi connectivity index (χ3v) is 7.81. The molecule has 2 saturated heterocycles. The van der Waals surface area contributed by atoms with Crippen LogP contribution in [0.5, 0.6) is 0 Å². The first-order valence-electron chi connectivity index (χ1n) is 14.7. The number of nitrogens with one attached hydrogen (secondary N) is 1. The van der Waals surface area contributed by atoms with Crippen molar-refractivity contribution in [1.29, 1.82) is 0 Å². The van der Waals surface area contributed by atoms with Crippen LogP contribution in [0.25, 0.3) is 16.7 Å². The molecule has 228 valence electrons. The van der Waals surface area contributed by atoms with Crippen molar-refractivity contribution in [3.8, 4) is 5.69 Å². The molecule has 3 aromatic heterocycles. The average molecular weight is 597 g/mol. The highest BCUT2D eigenvalue weighted by atomic mass is 16.6. The van der Waals surface area contributed by atoms with Crippen molar-refractivity contribution in [3.63, 3.8) is 0 Å². The van der Waals surface area contributed by atoms with E-state index >= 15 is 0 Å². The lowest BCUT2D eigenvalue weighted by molar-refractivity contribution is -0.119. The molecule has 4 aromatic rings. The smallest absolute Gasteiger partial charge is 0.410 e. The maximum atomic E-state index is 13.3. The molecule has 1 N–H and O–H groups in total. The van der Waals surface area contributed by atoms with Gasteiger partial charge in [0.15, 0.2) is 5.65 Å². The number of nitrogens with zero attached hydrogens (tertiary/aromatic N) is 7. The zero-order chi connectivity index (χ0) is 31.2. The fourth-order valence-corrected chi connectivity index (χ4v) is 5.84. The van der Waals surface area contributed by atoms with Gasteiger partial charge in [-0.25, -0.2) is 14.8 Å². The van der Waals surface area contributed by atoms with Crippen molar-refractivity contribution < 1.29 is 19.1 Å². The Kier molecular flexibility index (Phi) is 7.44. The van der Waals surface area contributed by atoms with Gasteiger partial charge in [-0.3, -0.25) is 19.1 Å². The van der Waals surface area contributed by atoms with E-state index in [0.29, 0.717) is 35.3 Å². The molecule has 6 rings (SSSR count). The van der Waals surface area contributed by atoms with Crippen molar-refractivity contribution >= 4 is 46.4 Å². The second-order valence-corrected chi connectivity index (χ2v) is 12.4. The van der Waals surface area contributed by atoms with Gasteiger partial charge in [0.1, 0.15) is 17.1 Å². The van der Waals surface area contributed by atoms with E-state index in [-0.39, 0.29) is 36.4 Å². The number of hydrogen-bond donors (Lipinski definition) is 1. The summed E-state index contributed by atoms with van der Waals surface area (Å²) in [5.41, 5.74) is 1.91. The Hall–Kier alpha value is -5.00. The van der Waals surface area contributed by atoms with Gasteiger partial charge < -0.3 is 19.9 Å². The summed E-state index contributed by atoms with van der Waals surface area (Å²) in [6, 6.07) is 14.7. The fraction of sp³-hybridized carbons (Fsp3) is 0.375. The third kappa shape index (κ3) is 5.67. The van der Waals surface area contributed by atoms with Crippen LogP contribution in [0.3, 0.4) is 0 Å². The Labute approximate surface area is 255 Å². The Balaban J connectivity index is 1.23. The summed E-state index contributed by atoms with van der Waals surface area (Å²) >= 11 is 0. The van der Waals surface area contributed by atoms with Crippen LogP contribution in [-0.2, 0) is 9.53 Å². The topological polar surface area (TPSA) is 126 Å². The van der Waals surface area contributed by atoms with Crippen LogP contribution < -0.4 is 10.2 Å². The molecule has 2 bridgehead atoms. The summed E-state index contributed by atoms with van der Waals surface area (Å²) in [5.74, 6) is 0.610. The molecule has 2 aliphatic rings. The minimum atomic E-state index is -0.607. The Morgan fingerprint density at radius 2 is 1.73 bits per heavy atom. The van der Waals surface area contributed by atoms with E-state index in [1.165, 1.54) is 4.90 Å². The van der Waals surface area contributed by atoms with E-state index < -0.39 is 5.60 Å². The lowest BCUT2D eigenvalue weighted by atomic mass is 10.1. The quantitative estimate of drug-likeness (QED) is 0.349. The van der Waals surface area contributed by atoms with Crippen molar-refractivity contribution in [2.75, 3.05) is 30.9 Å². The van der Waals surface area contributed by atoms with Crippen molar-refractivity contribution in [2.24, 2.45) is 0 Å². The molecule has 44 heavy (non-hydrogen) atoms.